The van der Waals surface area contributed by atoms with E-state index in [1.54, 1.807) is 38.1 Å². The van der Waals surface area contributed by atoms with Crippen LogP contribution in [0, 0.1) is 13.8 Å². The van der Waals surface area contributed by atoms with Crippen molar-refractivity contribution in [2.24, 2.45) is 0 Å². The first-order valence-corrected chi connectivity index (χ1v) is 11.9. The molecule has 170 valence electrons. The Kier molecular flexibility index (Phi) is 7.46. The van der Waals surface area contributed by atoms with E-state index < -0.39 is 10.7 Å². The first kappa shape index (κ1) is 23.7. The molecule has 0 spiro atoms. The first-order valence-electron chi connectivity index (χ1n) is 10.8. The summed E-state index contributed by atoms with van der Waals surface area (Å²) in [5.74, 6) is 0.784. The molecule has 1 fully saturated rings. The summed E-state index contributed by atoms with van der Waals surface area (Å²) in [7, 11) is -2.55. The molecule has 3 aromatic carbocycles. The third-order valence-electron chi connectivity index (χ3n) is 6.23. The molecule has 4 rings (SSSR count). The average Bonchev–Trinajstić information content (AvgIpc) is 2.79. The summed E-state index contributed by atoms with van der Waals surface area (Å²) in [6.07, 6.45) is 5.99. The van der Waals surface area contributed by atoms with Crippen molar-refractivity contribution in [2.45, 2.75) is 56.3 Å². The maximum absolute atomic E-state index is 10.6. The van der Waals surface area contributed by atoms with Gasteiger partial charge < -0.3 is 15.3 Å². The van der Waals surface area contributed by atoms with Gasteiger partial charge in [-0.2, -0.15) is 0 Å². The standard InChI is InChI=1S/C18H20O2.C8H10O3S/c19-16-8-4-14(5-9-16)18(12-2-1-3-13-18)15-6-10-17(20)11-7-15;1-5-3-7(12(10)11)4-6(2)8(5)9/h4-11,19-20H,1-3,12-13H2;3-4,9,12H,1-2H3. The van der Waals surface area contributed by atoms with Crippen LogP contribution in [0.25, 0.3) is 0 Å². The summed E-state index contributed by atoms with van der Waals surface area (Å²) in [4.78, 5) is 0.248. The van der Waals surface area contributed by atoms with Crippen LogP contribution >= 0.6 is 0 Å². The molecule has 1 saturated carbocycles. The molecule has 0 heterocycles. The van der Waals surface area contributed by atoms with Gasteiger partial charge in [0.1, 0.15) is 17.2 Å². The molecule has 0 saturated heterocycles. The highest BCUT2D eigenvalue weighted by molar-refractivity contribution is 7.72. The molecule has 0 aromatic heterocycles. The predicted octanol–water partition coefficient (Wildman–Crippen LogP) is 5.33. The molecular formula is C26H30O5S. The Morgan fingerprint density at radius 2 is 1.09 bits per heavy atom. The van der Waals surface area contributed by atoms with Gasteiger partial charge in [0.25, 0.3) is 0 Å². The van der Waals surface area contributed by atoms with Crippen molar-refractivity contribution in [3.05, 3.63) is 82.9 Å². The lowest BCUT2D eigenvalue weighted by Crippen LogP contribution is -2.30. The summed E-state index contributed by atoms with van der Waals surface area (Å²) < 4.78 is 21.1. The molecule has 3 aromatic rings. The van der Waals surface area contributed by atoms with Gasteiger partial charge in [-0.1, -0.05) is 43.5 Å². The van der Waals surface area contributed by atoms with Gasteiger partial charge in [0.05, 0.1) is 4.90 Å². The van der Waals surface area contributed by atoms with Crippen molar-refractivity contribution in [3.63, 3.8) is 0 Å². The van der Waals surface area contributed by atoms with Crippen molar-refractivity contribution < 1.29 is 23.7 Å². The van der Waals surface area contributed by atoms with Crippen LogP contribution < -0.4 is 0 Å². The largest absolute Gasteiger partial charge is 0.508 e. The second kappa shape index (κ2) is 10.1. The highest BCUT2D eigenvalue weighted by Crippen LogP contribution is 2.45. The number of phenolic OH excluding ortho intramolecular Hbond substituents is 3. The lowest BCUT2D eigenvalue weighted by molar-refractivity contribution is 0.345. The van der Waals surface area contributed by atoms with Crippen LogP contribution in [0.1, 0.15) is 54.4 Å². The molecule has 0 radical (unpaired) electrons. The average molecular weight is 455 g/mol. The van der Waals surface area contributed by atoms with Crippen LogP contribution in [0.4, 0.5) is 0 Å². The van der Waals surface area contributed by atoms with E-state index in [0.717, 1.165) is 12.8 Å². The third kappa shape index (κ3) is 5.25. The fraction of sp³-hybridized carbons (Fsp3) is 0.308. The maximum atomic E-state index is 10.6. The highest BCUT2D eigenvalue weighted by atomic mass is 32.2. The van der Waals surface area contributed by atoms with E-state index in [0.29, 0.717) is 22.6 Å². The number of aryl methyl sites for hydroxylation is 2. The molecule has 32 heavy (non-hydrogen) atoms. The Balaban J connectivity index is 0.000000207. The van der Waals surface area contributed by atoms with Gasteiger partial charge in [0.2, 0.25) is 0 Å². The highest BCUT2D eigenvalue weighted by Gasteiger charge is 2.35. The zero-order valence-corrected chi connectivity index (χ0v) is 19.3. The Bertz CT molecular complexity index is 1050. The number of benzene rings is 3. The van der Waals surface area contributed by atoms with E-state index in [1.807, 2.05) is 24.3 Å². The molecule has 3 N–H and O–H groups in total. The SMILES string of the molecule is Cc1cc([SH](=O)=O)cc(C)c1O.Oc1ccc(C2(c3ccc(O)cc3)CCCCC2)cc1. The maximum Gasteiger partial charge on any atom is 0.168 e. The Hall–Kier alpha value is -2.99. The van der Waals surface area contributed by atoms with Crippen molar-refractivity contribution in [2.75, 3.05) is 0 Å². The molecule has 0 amide bonds. The lowest BCUT2D eigenvalue weighted by atomic mass is 9.65. The van der Waals surface area contributed by atoms with E-state index in [-0.39, 0.29) is 16.1 Å². The lowest BCUT2D eigenvalue weighted by Gasteiger charge is -2.38. The molecule has 1 aliphatic carbocycles. The van der Waals surface area contributed by atoms with Crippen LogP contribution in [0.3, 0.4) is 0 Å². The zero-order chi connectivity index (χ0) is 23.3. The second-order valence-corrected chi connectivity index (χ2v) is 9.45. The first-order chi connectivity index (χ1) is 15.2. The number of thiol groups is 1. The van der Waals surface area contributed by atoms with Crippen molar-refractivity contribution in [1.82, 2.24) is 0 Å². The summed E-state index contributed by atoms with van der Waals surface area (Å²) in [5, 5.41) is 28.3. The minimum Gasteiger partial charge on any atom is -0.508 e. The van der Waals surface area contributed by atoms with Gasteiger partial charge in [-0.15, -0.1) is 0 Å². The smallest absolute Gasteiger partial charge is 0.168 e. The van der Waals surface area contributed by atoms with E-state index in [2.05, 4.69) is 0 Å². The van der Waals surface area contributed by atoms with Gasteiger partial charge in [-0.05, 0) is 85.3 Å². The van der Waals surface area contributed by atoms with Gasteiger partial charge in [0.15, 0.2) is 10.7 Å². The number of rotatable bonds is 3. The molecule has 0 unspecified atom stereocenters. The molecule has 5 nitrogen and oxygen atoms in total. The second-order valence-electron chi connectivity index (χ2n) is 8.42. The third-order valence-corrected chi connectivity index (χ3v) is 6.91. The normalized spacial score (nSPS) is 15.1. The molecule has 1 aliphatic rings. The van der Waals surface area contributed by atoms with Crippen LogP contribution in [-0.2, 0) is 16.1 Å². The van der Waals surface area contributed by atoms with Crippen LogP contribution in [-0.4, -0.2) is 23.7 Å². The Morgan fingerprint density at radius 1 is 0.688 bits per heavy atom. The fourth-order valence-corrected chi connectivity index (χ4v) is 5.10. The van der Waals surface area contributed by atoms with E-state index in [9.17, 15) is 23.7 Å². The molecular weight excluding hydrogens is 424 g/mol. The molecule has 0 aliphatic heterocycles. The van der Waals surface area contributed by atoms with Gasteiger partial charge >= 0.3 is 0 Å². The summed E-state index contributed by atoms with van der Waals surface area (Å²) >= 11 is 0. The molecule has 0 atom stereocenters. The summed E-state index contributed by atoms with van der Waals surface area (Å²) in [6, 6.07) is 18.1. The minimum atomic E-state index is -2.55. The number of hydrogen-bond donors (Lipinski definition) is 4. The predicted molar refractivity (Wildman–Crippen MR) is 126 cm³/mol. The van der Waals surface area contributed by atoms with Crippen molar-refractivity contribution in [1.29, 1.82) is 0 Å². The number of aromatic hydroxyl groups is 3. The molecule has 0 bridgehead atoms. The number of phenols is 3. The van der Waals surface area contributed by atoms with E-state index in [1.165, 1.54) is 42.5 Å². The van der Waals surface area contributed by atoms with Crippen molar-refractivity contribution in [3.8, 4) is 17.2 Å². The summed E-state index contributed by atoms with van der Waals surface area (Å²) in [5.41, 5.74) is 3.73. The molecule has 6 heteroatoms. The van der Waals surface area contributed by atoms with Crippen molar-refractivity contribution >= 4 is 10.7 Å². The minimum absolute atomic E-state index is 0.0274. The monoisotopic (exact) mass is 454 g/mol. The van der Waals surface area contributed by atoms with Crippen LogP contribution in [0.15, 0.2) is 65.6 Å². The van der Waals surface area contributed by atoms with Gasteiger partial charge in [0, 0.05) is 5.41 Å². The van der Waals surface area contributed by atoms with Gasteiger partial charge in [-0.3, -0.25) is 0 Å². The van der Waals surface area contributed by atoms with Crippen LogP contribution in [0.2, 0.25) is 0 Å². The van der Waals surface area contributed by atoms with Crippen LogP contribution in [0.5, 0.6) is 17.2 Å². The zero-order valence-electron chi connectivity index (χ0n) is 18.4. The quantitative estimate of drug-likeness (QED) is 0.402. The summed E-state index contributed by atoms with van der Waals surface area (Å²) in [6.45, 7) is 3.34. The van der Waals surface area contributed by atoms with E-state index in [4.69, 9.17) is 0 Å². The van der Waals surface area contributed by atoms with E-state index >= 15 is 0 Å². The Morgan fingerprint density at radius 3 is 1.47 bits per heavy atom. The number of hydrogen-bond acceptors (Lipinski definition) is 5. The topological polar surface area (TPSA) is 94.8 Å². The Labute approximate surface area is 191 Å². The fourth-order valence-electron chi connectivity index (χ4n) is 4.50. The van der Waals surface area contributed by atoms with Gasteiger partial charge in [-0.25, -0.2) is 8.42 Å².